The van der Waals surface area contributed by atoms with Crippen LogP contribution in [0.5, 0.6) is 0 Å². The van der Waals surface area contributed by atoms with Crippen LogP contribution in [0.2, 0.25) is 5.02 Å². The zero-order valence-electron chi connectivity index (χ0n) is 22.2. The Morgan fingerprint density at radius 1 is 1.19 bits per heavy atom. The molecular weight excluding hydrogens is 476 g/mol. The summed E-state index contributed by atoms with van der Waals surface area (Å²) in [6.45, 7) is 4.81. The first kappa shape index (κ1) is 30.3. The number of rotatable bonds is 15. The summed E-state index contributed by atoms with van der Waals surface area (Å²) in [7, 11) is 3.42. The van der Waals surface area contributed by atoms with E-state index in [9.17, 15) is 15.0 Å². The molecule has 0 aliphatic rings. The van der Waals surface area contributed by atoms with Gasteiger partial charge in [0.05, 0.1) is 5.60 Å². The summed E-state index contributed by atoms with van der Waals surface area (Å²) in [5.41, 5.74) is 8.39. The molecule has 0 fully saturated rings. The van der Waals surface area contributed by atoms with Crippen molar-refractivity contribution in [3.8, 4) is 11.1 Å². The van der Waals surface area contributed by atoms with Crippen LogP contribution in [0.3, 0.4) is 0 Å². The number of hydrogen-bond donors (Lipinski definition) is 3. The highest BCUT2D eigenvalue weighted by molar-refractivity contribution is 6.33. The Morgan fingerprint density at radius 2 is 1.92 bits per heavy atom. The average Bonchev–Trinajstić information content (AvgIpc) is 2.84. The number of halogens is 1. The highest BCUT2D eigenvalue weighted by Crippen LogP contribution is 2.41. The van der Waals surface area contributed by atoms with Crippen molar-refractivity contribution >= 4 is 17.5 Å². The molecule has 0 spiro atoms. The Hall–Kier alpha value is -1.96. The smallest absolute Gasteiger partial charge is 0.225 e. The molecule has 0 saturated heterocycles. The second kappa shape index (κ2) is 14.7. The number of carbonyl (C=O) groups excluding carboxylic acids is 1. The third-order valence-corrected chi connectivity index (χ3v) is 7.05. The lowest BCUT2D eigenvalue weighted by molar-refractivity contribution is -0.135. The first-order chi connectivity index (χ1) is 17.1. The lowest BCUT2D eigenvalue weighted by Gasteiger charge is -2.34. The van der Waals surface area contributed by atoms with Crippen molar-refractivity contribution in [1.29, 1.82) is 0 Å². The molecule has 0 aliphatic heterocycles. The van der Waals surface area contributed by atoms with Gasteiger partial charge in [-0.3, -0.25) is 4.79 Å². The normalized spacial score (nSPS) is 14.8. The molecule has 1 amide bonds. The molecule has 2 rings (SSSR count). The van der Waals surface area contributed by atoms with Gasteiger partial charge in [-0.1, -0.05) is 53.6 Å². The van der Waals surface area contributed by atoms with Crippen LogP contribution in [0.15, 0.2) is 42.5 Å². The summed E-state index contributed by atoms with van der Waals surface area (Å²) in [6.07, 6.45) is 3.33. The highest BCUT2D eigenvalue weighted by atomic mass is 35.5. The second-order valence-electron chi connectivity index (χ2n) is 9.95. The number of carbonyl (C=O) groups is 1. The van der Waals surface area contributed by atoms with Crippen molar-refractivity contribution in [1.82, 2.24) is 4.90 Å². The number of aliphatic hydroxyl groups is 2. The summed E-state index contributed by atoms with van der Waals surface area (Å²) >= 11 is 6.71. The van der Waals surface area contributed by atoms with E-state index in [0.717, 1.165) is 35.1 Å². The van der Waals surface area contributed by atoms with E-state index >= 15 is 0 Å². The summed E-state index contributed by atoms with van der Waals surface area (Å²) in [5.74, 6) is -0.406. The predicted octanol–water partition coefficient (Wildman–Crippen LogP) is 4.90. The minimum Gasteiger partial charge on any atom is -0.396 e. The van der Waals surface area contributed by atoms with Crippen molar-refractivity contribution in [2.75, 3.05) is 33.9 Å². The maximum absolute atomic E-state index is 13.1. The van der Waals surface area contributed by atoms with Crippen LogP contribution >= 0.6 is 11.6 Å². The highest BCUT2D eigenvalue weighted by Gasteiger charge is 2.34. The number of ether oxygens (including phenoxy) is 1. The van der Waals surface area contributed by atoms with Gasteiger partial charge >= 0.3 is 0 Å². The number of hydrogen-bond acceptors (Lipinski definition) is 5. The predicted molar refractivity (Wildman–Crippen MR) is 147 cm³/mol. The molecule has 0 bridgehead atoms. The van der Waals surface area contributed by atoms with Gasteiger partial charge in [0.1, 0.15) is 0 Å². The quantitative estimate of drug-likeness (QED) is 0.291. The van der Waals surface area contributed by atoms with Crippen molar-refractivity contribution < 1.29 is 19.7 Å². The van der Waals surface area contributed by atoms with E-state index in [-0.39, 0.29) is 24.5 Å². The number of aryl methyl sites for hydroxylation is 1. The number of benzene rings is 2. The SMILES string of the molecule is COCCCCC(O)(CCN(C)C(=O)C(CCO)C[C@H](C)N)c1cccc(Cl)c1-c1cccc(C)c1. The van der Waals surface area contributed by atoms with Crippen LogP contribution in [0, 0.1) is 12.8 Å². The van der Waals surface area contributed by atoms with E-state index in [1.54, 1.807) is 19.1 Å². The van der Waals surface area contributed by atoms with E-state index in [0.29, 0.717) is 43.9 Å². The third kappa shape index (κ3) is 8.56. The molecular formula is C29H43ClN2O4. The number of aliphatic hydroxyl groups excluding tert-OH is 1. The molecule has 0 aromatic heterocycles. The van der Waals surface area contributed by atoms with E-state index in [4.69, 9.17) is 22.1 Å². The molecule has 6 nitrogen and oxygen atoms in total. The molecule has 4 N–H and O–H groups in total. The molecule has 200 valence electrons. The Kier molecular flexibility index (Phi) is 12.4. The van der Waals surface area contributed by atoms with Crippen LogP contribution < -0.4 is 5.73 Å². The fraction of sp³-hybridized carbons (Fsp3) is 0.552. The van der Waals surface area contributed by atoms with Crippen LogP contribution in [0.25, 0.3) is 11.1 Å². The zero-order valence-corrected chi connectivity index (χ0v) is 22.9. The van der Waals surface area contributed by atoms with Gasteiger partial charge in [-0.2, -0.15) is 0 Å². The number of unbranched alkanes of at least 4 members (excludes halogenated alkanes) is 1. The third-order valence-electron chi connectivity index (χ3n) is 6.73. The van der Waals surface area contributed by atoms with Gasteiger partial charge < -0.3 is 25.6 Å². The summed E-state index contributed by atoms with van der Waals surface area (Å²) in [6, 6.07) is 13.6. The van der Waals surface area contributed by atoms with E-state index < -0.39 is 5.60 Å². The monoisotopic (exact) mass is 518 g/mol. The van der Waals surface area contributed by atoms with Crippen LogP contribution in [-0.4, -0.2) is 61.0 Å². The van der Waals surface area contributed by atoms with Gasteiger partial charge in [0.25, 0.3) is 0 Å². The molecule has 2 aromatic carbocycles. The van der Waals surface area contributed by atoms with Crippen LogP contribution in [-0.2, 0) is 15.1 Å². The minimum absolute atomic E-state index is 0.0620. The molecule has 0 radical (unpaired) electrons. The lowest BCUT2D eigenvalue weighted by Crippen LogP contribution is -2.39. The van der Waals surface area contributed by atoms with Crippen molar-refractivity contribution in [2.24, 2.45) is 11.7 Å². The number of methoxy groups -OCH3 is 1. The maximum atomic E-state index is 13.1. The van der Waals surface area contributed by atoms with Crippen LogP contribution in [0.4, 0.5) is 0 Å². The molecule has 36 heavy (non-hydrogen) atoms. The van der Waals surface area contributed by atoms with Crippen molar-refractivity contribution in [3.63, 3.8) is 0 Å². The molecule has 0 saturated carbocycles. The van der Waals surface area contributed by atoms with Crippen LogP contribution in [0.1, 0.15) is 56.6 Å². The fourth-order valence-corrected chi connectivity index (χ4v) is 5.07. The first-order valence-electron chi connectivity index (χ1n) is 12.8. The summed E-state index contributed by atoms with van der Waals surface area (Å²) < 4.78 is 5.21. The molecule has 3 atom stereocenters. The number of amides is 1. The maximum Gasteiger partial charge on any atom is 0.225 e. The molecule has 7 heteroatoms. The van der Waals surface area contributed by atoms with E-state index in [1.165, 1.54) is 0 Å². The lowest BCUT2D eigenvalue weighted by atomic mass is 9.81. The first-order valence-corrected chi connectivity index (χ1v) is 13.2. The largest absolute Gasteiger partial charge is 0.396 e. The van der Waals surface area contributed by atoms with E-state index in [1.807, 2.05) is 50.2 Å². The van der Waals surface area contributed by atoms with Gasteiger partial charge in [0.15, 0.2) is 0 Å². The Morgan fingerprint density at radius 3 is 2.56 bits per heavy atom. The topological polar surface area (TPSA) is 96.0 Å². The van der Waals surface area contributed by atoms with Gasteiger partial charge in [-0.15, -0.1) is 0 Å². The molecule has 0 aliphatic carbocycles. The standard InChI is InChI=1S/C29H43ClN2O4/c1-21-9-7-10-23(19-21)27-25(11-8-12-26(27)30)29(35,14-5-6-18-36-4)15-16-32(3)28(34)24(13-17-33)20-22(2)31/h7-12,19,22,24,33,35H,5-6,13-18,20,31H2,1-4H3/t22-,24?,29?/m0/s1. The molecule has 2 unspecified atom stereocenters. The minimum atomic E-state index is -1.19. The summed E-state index contributed by atoms with van der Waals surface area (Å²) in [5, 5.41) is 22.2. The molecule has 0 heterocycles. The van der Waals surface area contributed by atoms with Gasteiger partial charge in [-0.25, -0.2) is 0 Å². The van der Waals surface area contributed by atoms with Crippen molar-refractivity contribution in [3.05, 3.63) is 58.6 Å². The Balaban J connectivity index is 2.37. The Labute approximate surface area is 221 Å². The number of nitrogens with two attached hydrogens (primary N) is 1. The van der Waals surface area contributed by atoms with E-state index in [2.05, 4.69) is 6.07 Å². The Bertz CT molecular complexity index is 968. The zero-order chi connectivity index (χ0) is 26.7. The van der Waals surface area contributed by atoms with Gasteiger partial charge in [0.2, 0.25) is 5.91 Å². The summed E-state index contributed by atoms with van der Waals surface area (Å²) in [4.78, 5) is 14.8. The second-order valence-corrected chi connectivity index (χ2v) is 10.4. The molecule has 2 aromatic rings. The number of nitrogens with zero attached hydrogens (tertiary/aromatic N) is 1. The van der Waals surface area contributed by atoms with Gasteiger partial charge in [0, 0.05) is 56.5 Å². The van der Waals surface area contributed by atoms with Gasteiger partial charge in [-0.05, 0) is 69.6 Å². The van der Waals surface area contributed by atoms with Crippen molar-refractivity contribution in [2.45, 2.75) is 64.0 Å². The average molecular weight is 519 g/mol. The fourth-order valence-electron chi connectivity index (χ4n) is 4.79.